The maximum Gasteiger partial charge on any atom is 0.293 e. The molecule has 3 aromatic heterocycles. The van der Waals surface area contributed by atoms with Crippen LogP contribution in [-0.2, 0) is 11.3 Å². The zero-order valence-corrected chi connectivity index (χ0v) is 17.5. The molecule has 3 heterocycles. The highest BCUT2D eigenvalue weighted by atomic mass is 16.5. The predicted molar refractivity (Wildman–Crippen MR) is 115 cm³/mol. The fourth-order valence-electron chi connectivity index (χ4n) is 2.95. The Morgan fingerprint density at radius 3 is 2.67 bits per heavy atom. The zero-order valence-electron chi connectivity index (χ0n) is 17.5. The van der Waals surface area contributed by atoms with E-state index in [-0.39, 0.29) is 24.0 Å². The lowest BCUT2D eigenvalue weighted by Crippen LogP contribution is -2.31. The number of anilines is 1. The molecule has 1 atom stereocenters. The molecule has 3 aromatic rings. The SMILES string of the molecule is CCCOCCn1c(=O)c(N[C@H](C)CO)nc2ncc(-c3ccc(OC)nc3)cc21. The van der Waals surface area contributed by atoms with E-state index in [1.807, 2.05) is 19.1 Å². The van der Waals surface area contributed by atoms with Crippen molar-refractivity contribution in [1.82, 2.24) is 19.5 Å². The average Bonchev–Trinajstić information content (AvgIpc) is 2.78. The normalized spacial score (nSPS) is 12.1. The van der Waals surface area contributed by atoms with E-state index in [0.29, 0.717) is 36.8 Å². The second-order valence-corrected chi connectivity index (χ2v) is 6.91. The molecule has 0 unspecified atom stereocenters. The van der Waals surface area contributed by atoms with Gasteiger partial charge in [0.2, 0.25) is 5.88 Å². The van der Waals surface area contributed by atoms with Gasteiger partial charge in [0, 0.05) is 48.8 Å². The number of nitrogens with one attached hydrogen (secondary N) is 1. The Bertz CT molecular complexity index is 1040. The Balaban J connectivity index is 2.05. The van der Waals surface area contributed by atoms with Crippen LogP contribution in [-0.4, -0.2) is 57.6 Å². The molecule has 3 rings (SSSR count). The van der Waals surface area contributed by atoms with Crippen LogP contribution in [0.25, 0.3) is 22.3 Å². The Kier molecular flexibility index (Phi) is 7.31. The first kappa shape index (κ1) is 21.7. The van der Waals surface area contributed by atoms with E-state index in [1.54, 1.807) is 37.1 Å². The number of aliphatic hydroxyl groups excluding tert-OH is 1. The van der Waals surface area contributed by atoms with E-state index < -0.39 is 0 Å². The Morgan fingerprint density at radius 1 is 1.20 bits per heavy atom. The minimum absolute atomic E-state index is 0.115. The van der Waals surface area contributed by atoms with Gasteiger partial charge in [-0.2, -0.15) is 0 Å². The molecule has 0 aliphatic heterocycles. The number of pyridine rings is 2. The van der Waals surface area contributed by atoms with Crippen LogP contribution in [0.2, 0.25) is 0 Å². The molecule has 0 saturated carbocycles. The summed E-state index contributed by atoms with van der Waals surface area (Å²) in [5.74, 6) is 0.679. The number of aliphatic hydroxyl groups is 1. The van der Waals surface area contributed by atoms with Gasteiger partial charge in [-0.1, -0.05) is 6.92 Å². The first-order chi connectivity index (χ1) is 14.6. The van der Waals surface area contributed by atoms with E-state index in [1.165, 1.54) is 0 Å². The minimum atomic E-state index is -0.308. The topological polar surface area (TPSA) is 111 Å². The van der Waals surface area contributed by atoms with Crippen molar-refractivity contribution in [3.05, 3.63) is 40.9 Å². The highest BCUT2D eigenvalue weighted by Crippen LogP contribution is 2.23. The van der Waals surface area contributed by atoms with Crippen LogP contribution in [0.1, 0.15) is 20.3 Å². The molecule has 160 valence electrons. The predicted octanol–water partition coefficient (Wildman–Crippen LogP) is 2.08. The third-order valence-electron chi connectivity index (χ3n) is 4.55. The van der Waals surface area contributed by atoms with Crippen molar-refractivity contribution in [2.45, 2.75) is 32.9 Å². The third kappa shape index (κ3) is 4.92. The second-order valence-electron chi connectivity index (χ2n) is 6.91. The molecule has 30 heavy (non-hydrogen) atoms. The van der Waals surface area contributed by atoms with Crippen LogP contribution in [0.15, 0.2) is 35.4 Å². The fourth-order valence-corrected chi connectivity index (χ4v) is 2.95. The van der Waals surface area contributed by atoms with Crippen molar-refractivity contribution in [2.24, 2.45) is 0 Å². The number of fused-ring (bicyclic) bond motifs is 1. The maximum absolute atomic E-state index is 13.1. The van der Waals surface area contributed by atoms with Gasteiger partial charge in [0.25, 0.3) is 5.56 Å². The van der Waals surface area contributed by atoms with Crippen LogP contribution < -0.4 is 15.6 Å². The number of methoxy groups -OCH3 is 1. The number of ether oxygens (including phenoxy) is 2. The fraction of sp³-hybridized carbons (Fsp3) is 0.429. The highest BCUT2D eigenvalue weighted by molar-refractivity contribution is 5.78. The van der Waals surface area contributed by atoms with E-state index in [0.717, 1.165) is 17.5 Å². The Morgan fingerprint density at radius 2 is 2.00 bits per heavy atom. The summed E-state index contributed by atoms with van der Waals surface area (Å²) in [6, 6.07) is 5.22. The van der Waals surface area contributed by atoms with Crippen molar-refractivity contribution in [3.8, 4) is 17.0 Å². The third-order valence-corrected chi connectivity index (χ3v) is 4.55. The lowest BCUT2D eigenvalue weighted by atomic mass is 10.1. The molecule has 0 radical (unpaired) electrons. The molecule has 0 amide bonds. The van der Waals surface area contributed by atoms with Crippen molar-refractivity contribution >= 4 is 17.0 Å². The van der Waals surface area contributed by atoms with Crippen LogP contribution >= 0.6 is 0 Å². The van der Waals surface area contributed by atoms with Gasteiger partial charge in [0.15, 0.2) is 11.5 Å². The molecule has 2 N–H and O–H groups in total. The maximum atomic E-state index is 13.1. The molecule has 0 spiro atoms. The van der Waals surface area contributed by atoms with Gasteiger partial charge in [-0.05, 0) is 25.5 Å². The Hall–Kier alpha value is -3.04. The summed E-state index contributed by atoms with van der Waals surface area (Å²) in [6.07, 6.45) is 4.30. The summed E-state index contributed by atoms with van der Waals surface area (Å²) in [6.45, 7) is 5.09. The van der Waals surface area contributed by atoms with Gasteiger partial charge in [-0.25, -0.2) is 15.0 Å². The molecular weight excluding hydrogens is 386 g/mol. The smallest absolute Gasteiger partial charge is 0.293 e. The number of hydrogen-bond donors (Lipinski definition) is 2. The van der Waals surface area contributed by atoms with Gasteiger partial charge in [0.05, 0.1) is 25.8 Å². The van der Waals surface area contributed by atoms with Gasteiger partial charge in [0.1, 0.15) is 0 Å². The van der Waals surface area contributed by atoms with Crippen LogP contribution in [0.5, 0.6) is 5.88 Å². The van der Waals surface area contributed by atoms with E-state index in [9.17, 15) is 9.90 Å². The summed E-state index contributed by atoms with van der Waals surface area (Å²) in [7, 11) is 1.56. The molecule has 9 nitrogen and oxygen atoms in total. The van der Waals surface area contributed by atoms with Crippen LogP contribution in [0, 0.1) is 0 Å². The van der Waals surface area contributed by atoms with Gasteiger partial charge in [-0.15, -0.1) is 0 Å². The van der Waals surface area contributed by atoms with Crippen molar-refractivity contribution in [3.63, 3.8) is 0 Å². The summed E-state index contributed by atoms with van der Waals surface area (Å²) in [4.78, 5) is 26.2. The molecule has 9 heteroatoms. The monoisotopic (exact) mass is 413 g/mol. The van der Waals surface area contributed by atoms with Crippen molar-refractivity contribution < 1.29 is 14.6 Å². The largest absolute Gasteiger partial charge is 0.481 e. The number of aromatic nitrogens is 4. The standard InChI is InChI=1S/C21H27N5O4/c1-4-8-30-9-7-26-17-10-16(15-5-6-18(29-3)22-11-15)12-23-19(17)25-20(21(26)28)24-14(2)13-27/h5-6,10-12,14,27H,4,7-9,13H2,1-3H3,(H,23,24,25)/t14-/m1/s1. The number of hydrogen-bond acceptors (Lipinski definition) is 8. The first-order valence-corrected chi connectivity index (χ1v) is 9.93. The molecule has 0 bridgehead atoms. The lowest BCUT2D eigenvalue weighted by Gasteiger charge is -2.16. The van der Waals surface area contributed by atoms with Gasteiger partial charge in [-0.3, -0.25) is 9.36 Å². The molecule has 0 fully saturated rings. The molecule has 0 aliphatic rings. The number of nitrogens with zero attached hydrogens (tertiary/aromatic N) is 4. The van der Waals surface area contributed by atoms with E-state index in [4.69, 9.17) is 9.47 Å². The van der Waals surface area contributed by atoms with Crippen molar-refractivity contribution in [1.29, 1.82) is 0 Å². The quantitative estimate of drug-likeness (QED) is 0.486. The van der Waals surface area contributed by atoms with Crippen LogP contribution in [0.4, 0.5) is 5.82 Å². The number of rotatable bonds is 10. The molecule has 0 saturated heterocycles. The highest BCUT2D eigenvalue weighted by Gasteiger charge is 2.15. The first-order valence-electron chi connectivity index (χ1n) is 9.93. The Labute approximate surface area is 174 Å². The summed E-state index contributed by atoms with van der Waals surface area (Å²) < 4.78 is 12.3. The average molecular weight is 413 g/mol. The summed E-state index contributed by atoms with van der Waals surface area (Å²) in [5.41, 5.74) is 2.42. The summed E-state index contributed by atoms with van der Waals surface area (Å²) >= 11 is 0. The molecular formula is C21H27N5O4. The molecule has 0 aliphatic carbocycles. The lowest BCUT2D eigenvalue weighted by molar-refractivity contribution is 0.127. The van der Waals surface area contributed by atoms with Crippen LogP contribution in [0.3, 0.4) is 0 Å². The van der Waals surface area contributed by atoms with Gasteiger partial charge < -0.3 is 19.9 Å². The summed E-state index contributed by atoms with van der Waals surface area (Å²) in [5, 5.41) is 12.3. The minimum Gasteiger partial charge on any atom is -0.481 e. The zero-order chi connectivity index (χ0) is 21.5. The molecule has 0 aromatic carbocycles. The van der Waals surface area contributed by atoms with E-state index in [2.05, 4.69) is 20.3 Å². The second kappa shape index (κ2) is 10.1. The van der Waals surface area contributed by atoms with Crippen molar-refractivity contribution in [2.75, 3.05) is 32.2 Å². The van der Waals surface area contributed by atoms with Gasteiger partial charge >= 0.3 is 0 Å². The van der Waals surface area contributed by atoms with E-state index >= 15 is 0 Å².